The number of carbonyl (C=O) groups excluding carboxylic acids is 1. The average Bonchev–Trinajstić information content (AvgIpc) is 3.10. The minimum atomic E-state index is -0.0557. The predicted molar refractivity (Wildman–Crippen MR) is 64.0 cm³/mol. The molecule has 1 aliphatic rings. The molecule has 1 aromatic heterocycles. The molecular formula is C11H12Cl2N2O. The maximum absolute atomic E-state index is 12.1. The fourth-order valence-corrected chi connectivity index (χ4v) is 1.87. The summed E-state index contributed by atoms with van der Waals surface area (Å²) in [5.74, 6) is 0.398. The molecule has 0 unspecified atom stereocenters. The standard InChI is InChI=1S/C11H12Cl2N2O/c12-5-6-15(9-2-3-9)11(16)10-4-1-8(13)7-14-10/h1,4,7,9H,2-3,5-6H2. The van der Waals surface area contributed by atoms with Crippen molar-refractivity contribution in [2.75, 3.05) is 12.4 Å². The van der Waals surface area contributed by atoms with Crippen LogP contribution in [0.1, 0.15) is 23.3 Å². The first-order valence-electron chi connectivity index (χ1n) is 5.21. The first-order chi connectivity index (χ1) is 7.72. The minimum absolute atomic E-state index is 0.0557. The topological polar surface area (TPSA) is 33.2 Å². The van der Waals surface area contributed by atoms with Crippen molar-refractivity contribution in [3.63, 3.8) is 0 Å². The first kappa shape index (κ1) is 11.7. The average molecular weight is 259 g/mol. The molecule has 0 saturated heterocycles. The zero-order valence-corrected chi connectivity index (χ0v) is 10.2. The van der Waals surface area contributed by atoms with Gasteiger partial charge in [-0.3, -0.25) is 4.79 Å². The summed E-state index contributed by atoms with van der Waals surface area (Å²) < 4.78 is 0. The lowest BCUT2D eigenvalue weighted by molar-refractivity contribution is 0.0748. The van der Waals surface area contributed by atoms with Gasteiger partial charge in [0.25, 0.3) is 5.91 Å². The molecule has 0 N–H and O–H groups in total. The van der Waals surface area contributed by atoms with Crippen molar-refractivity contribution in [2.24, 2.45) is 0 Å². The molecule has 5 heteroatoms. The number of nitrogens with zero attached hydrogens (tertiary/aromatic N) is 2. The van der Waals surface area contributed by atoms with Gasteiger partial charge in [-0.25, -0.2) is 4.98 Å². The van der Waals surface area contributed by atoms with Crippen molar-refractivity contribution in [3.8, 4) is 0 Å². The molecule has 1 aliphatic carbocycles. The number of aromatic nitrogens is 1. The highest BCUT2D eigenvalue weighted by atomic mass is 35.5. The van der Waals surface area contributed by atoms with Gasteiger partial charge in [0, 0.05) is 24.7 Å². The van der Waals surface area contributed by atoms with Gasteiger partial charge in [0.15, 0.2) is 0 Å². The predicted octanol–water partition coefficient (Wildman–Crippen LogP) is 2.58. The number of carbonyl (C=O) groups is 1. The number of pyridine rings is 1. The Morgan fingerprint density at radius 1 is 1.50 bits per heavy atom. The lowest BCUT2D eigenvalue weighted by Gasteiger charge is -2.20. The molecule has 16 heavy (non-hydrogen) atoms. The molecular weight excluding hydrogens is 247 g/mol. The molecule has 0 aromatic carbocycles. The van der Waals surface area contributed by atoms with E-state index in [0.717, 1.165) is 12.8 Å². The molecule has 0 bridgehead atoms. The summed E-state index contributed by atoms with van der Waals surface area (Å²) in [5, 5.41) is 0.534. The van der Waals surface area contributed by atoms with Gasteiger partial charge in [-0.1, -0.05) is 11.6 Å². The Bertz CT molecular complexity index is 376. The van der Waals surface area contributed by atoms with Crippen LogP contribution >= 0.6 is 23.2 Å². The molecule has 1 saturated carbocycles. The number of hydrogen-bond donors (Lipinski definition) is 0. The van der Waals surface area contributed by atoms with E-state index in [9.17, 15) is 4.79 Å². The van der Waals surface area contributed by atoms with E-state index in [0.29, 0.717) is 29.2 Å². The molecule has 1 amide bonds. The van der Waals surface area contributed by atoms with Crippen molar-refractivity contribution in [1.29, 1.82) is 0 Å². The highest BCUT2D eigenvalue weighted by molar-refractivity contribution is 6.30. The highest BCUT2D eigenvalue weighted by Crippen LogP contribution is 2.27. The summed E-state index contributed by atoms with van der Waals surface area (Å²) >= 11 is 11.4. The van der Waals surface area contributed by atoms with Gasteiger partial charge in [0.05, 0.1) is 5.02 Å². The quantitative estimate of drug-likeness (QED) is 0.778. The van der Waals surface area contributed by atoms with Gasteiger partial charge in [-0.05, 0) is 25.0 Å². The van der Waals surface area contributed by atoms with Gasteiger partial charge >= 0.3 is 0 Å². The third-order valence-electron chi connectivity index (χ3n) is 2.52. The van der Waals surface area contributed by atoms with E-state index in [1.165, 1.54) is 6.20 Å². The van der Waals surface area contributed by atoms with Gasteiger partial charge in [-0.15, -0.1) is 11.6 Å². The summed E-state index contributed by atoms with van der Waals surface area (Å²) in [7, 11) is 0. The Balaban J connectivity index is 2.12. The van der Waals surface area contributed by atoms with Crippen LogP contribution in [0.5, 0.6) is 0 Å². The SMILES string of the molecule is O=C(c1ccc(Cl)cn1)N(CCCl)C1CC1. The first-order valence-corrected chi connectivity index (χ1v) is 6.12. The van der Waals surface area contributed by atoms with Crippen molar-refractivity contribution in [1.82, 2.24) is 9.88 Å². The largest absolute Gasteiger partial charge is 0.333 e. The minimum Gasteiger partial charge on any atom is -0.333 e. The van der Waals surface area contributed by atoms with Gasteiger partial charge in [0.2, 0.25) is 0 Å². The maximum Gasteiger partial charge on any atom is 0.272 e. The normalized spacial score (nSPS) is 14.9. The highest BCUT2D eigenvalue weighted by Gasteiger charge is 2.32. The van der Waals surface area contributed by atoms with Crippen molar-refractivity contribution in [2.45, 2.75) is 18.9 Å². The Hall–Kier alpha value is -0.800. The zero-order chi connectivity index (χ0) is 11.5. The van der Waals surface area contributed by atoms with Crippen LogP contribution in [-0.2, 0) is 0 Å². The molecule has 0 aliphatic heterocycles. The number of amides is 1. The van der Waals surface area contributed by atoms with E-state index in [4.69, 9.17) is 23.2 Å². The van der Waals surface area contributed by atoms with E-state index < -0.39 is 0 Å². The Labute approximate surface area is 104 Å². The summed E-state index contributed by atoms with van der Waals surface area (Å²) in [4.78, 5) is 17.9. The third-order valence-corrected chi connectivity index (χ3v) is 2.91. The van der Waals surface area contributed by atoms with Gasteiger partial charge in [0.1, 0.15) is 5.69 Å². The third kappa shape index (κ3) is 2.66. The van der Waals surface area contributed by atoms with Crippen LogP contribution in [0.3, 0.4) is 0 Å². The van der Waals surface area contributed by atoms with Gasteiger partial charge < -0.3 is 4.90 Å². The molecule has 2 rings (SSSR count). The lowest BCUT2D eigenvalue weighted by atomic mass is 10.3. The van der Waals surface area contributed by atoms with E-state index in [1.807, 2.05) is 0 Å². The summed E-state index contributed by atoms with van der Waals surface area (Å²) in [6.45, 7) is 0.579. The molecule has 1 aromatic rings. The fraction of sp³-hybridized carbons (Fsp3) is 0.455. The Kier molecular flexibility index (Phi) is 3.66. The van der Waals surface area contributed by atoms with Crippen molar-refractivity contribution < 1.29 is 4.79 Å². The van der Waals surface area contributed by atoms with Crippen molar-refractivity contribution >= 4 is 29.1 Å². The van der Waals surface area contributed by atoms with Crippen molar-refractivity contribution in [3.05, 3.63) is 29.0 Å². The molecule has 0 atom stereocenters. The summed E-state index contributed by atoms with van der Waals surface area (Å²) in [6.07, 6.45) is 3.62. The maximum atomic E-state index is 12.1. The summed E-state index contributed by atoms with van der Waals surface area (Å²) in [6, 6.07) is 3.67. The van der Waals surface area contributed by atoms with Crippen LogP contribution in [0.25, 0.3) is 0 Å². The fourth-order valence-electron chi connectivity index (χ4n) is 1.58. The summed E-state index contributed by atoms with van der Waals surface area (Å²) in [5.41, 5.74) is 0.432. The zero-order valence-electron chi connectivity index (χ0n) is 8.70. The Morgan fingerprint density at radius 2 is 2.25 bits per heavy atom. The second-order valence-electron chi connectivity index (χ2n) is 3.78. The molecule has 0 spiro atoms. The van der Waals surface area contributed by atoms with Crippen LogP contribution < -0.4 is 0 Å². The smallest absolute Gasteiger partial charge is 0.272 e. The molecule has 86 valence electrons. The second-order valence-corrected chi connectivity index (χ2v) is 4.59. The Morgan fingerprint density at radius 3 is 2.75 bits per heavy atom. The van der Waals surface area contributed by atoms with Crippen LogP contribution in [0.2, 0.25) is 5.02 Å². The molecule has 1 fully saturated rings. The van der Waals surface area contributed by atoms with E-state index in [-0.39, 0.29) is 5.91 Å². The molecule has 0 radical (unpaired) electrons. The second kappa shape index (κ2) is 5.02. The van der Waals surface area contributed by atoms with E-state index >= 15 is 0 Å². The number of hydrogen-bond acceptors (Lipinski definition) is 2. The number of rotatable bonds is 4. The number of halogens is 2. The van der Waals surface area contributed by atoms with Crippen LogP contribution in [0.15, 0.2) is 18.3 Å². The van der Waals surface area contributed by atoms with Crippen LogP contribution in [0, 0.1) is 0 Å². The lowest BCUT2D eigenvalue weighted by Crippen LogP contribution is -2.35. The van der Waals surface area contributed by atoms with Crippen LogP contribution in [-0.4, -0.2) is 34.3 Å². The molecule has 1 heterocycles. The number of alkyl halides is 1. The van der Waals surface area contributed by atoms with Gasteiger partial charge in [-0.2, -0.15) is 0 Å². The molecule has 3 nitrogen and oxygen atoms in total. The van der Waals surface area contributed by atoms with Crippen LogP contribution in [0.4, 0.5) is 0 Å². The van der Waals surface area contributed by atoms with E-state index in [1.54, 1.807) is 17.0 Å². The van der Waals surface area contributed by atoms with E-state index in [2.05, 4.69) is 4.98 Å². The monoisotopic (exact) mass is 258 g/mol.